The van der Waals surface area contributed by atoms with Crippen LogP contribution in [-0.2, 0) is 6.18 Å². The fourth-order valence-corrected chi connectivity index (χ4v) is 4.30. The third-order valence-corrected chi connectivity index (χ3v) is 6.23. The second kappa shape index (κ2) is 10.3. The minimum absolute atomic E-state index is 0.197. The van der Waals surface area contributed by atoms with Gasteiger partial charge in [0.2, 0.25) is 0 Å². The van der Waals surface area contributed by atoms with Gasteiger partial charge in [-0.1, -0.05) is 60.8 Å². The van der Waals surface area contributed by atoms with Crippen LogP contribution in [0.5, 0.6) is 0 Å². The molecule has 0 saturated carbocycles. The maximum atomic E-state index is 14.0. The van der Waals surface area contributed by atoms with E-state index in [1.54, 1.807) is 36.4 Å². The second-order valence-electron chi connectivity index (χ2n) is 8.55. The summed E-state index contributed by atoms with van der Waals surface area (Å²) in [5, 5.41) is 8.24. The molecule has 11 heteroatoms. The monoisotopic (exact) mass is 554 g/mol. The van der Waals surface area contributed by atoms with Gasteiger partial charge in [0, 0.05) is 27.5 Å². The van der Waals surface area contributed by atoms with Crippen LogP contribution in [0.2, 0.25) is 15.1 Å². The molecule has 0 saturated heterocycles. The first-order valence-corrected chi connectivity index (χ1v) is 12.1. The van der Waals surface area contributed by atoms with Crippen molar-refractivity contribution in [1.29, 1.82) is 0 Å². The number of hydrogen-bond acceptors (Lipinski definition) is 3. The molecule has 4 aromatic rings. The van der Waals surface area contributed by atoms with Gasteiger partial charge < -0.3 is 5.32 Å². The van der Waals surface area contributed by atoms with Gasteiger partial charge in [-0.3, -0.25) is 4.79 Å². The van der Waals surface area contributed by atoms with Crippen LogP contribution < -0.4 is 5.32 Å². The largest absolute Gasteiger partial charge is 0.434 e. The van der Waals surface area contributed by atoms with Gasteiger partial charge in [-0.05, 0) is 48.7 Å². The lowest BCUT2D eigenvalue weighted by molar-refractivity contribution is -0.141. The van der Waals surface area contributed by atoms with Gasteiger partial charge in [-0.15, -0.1) is 5.10 Å². The Morgan fingerprint density at radius 3 is 2.31 bits per heavy atom. The first kappa shape index (κ1) is 26.3. The Kier molecular flexibility index (Phi) is 7.50. The van der Waals surface area contributed by atoms with Gasteiger partial charge in [-0.2, -0.15) is 13.2 Å². The van der Waals surface area contributed by atoms with Crippen LogP contribution in [-0.4, -0.2) is 27.2 Å². The molecular weight excluding hydrogens is 536 g/mol. The molecule has 0 unspecified atom stereocenters. The predicted molar refractivity (Wildman–Crippen MR) is 136 cm³/mol. The topological polar surface area (TPSA) is 59.8 Å². The molecule has 5 nitrogen and oxygen atoms in total. The Hall–Kier alpha value is -2.81. The van der Waals surface area contributed by atoms with Crippen LogP contribution >= 0.6 is 34.8 Å². The number of hydrogen-bond donors (Lipinski definition) is 1. The highest BCUT2D eigenvalue weighted by atomic mass is 35.5. The Morgan fingerprint density at radius 2 is 1.69 bits per heavy atom. The number of amides is 1. The van der Waals surface area contributed by atoms with E-state index in [9.17, 15) is 18.0 Å². The fourth-order valence-electron chi connectivity index (χ4n) is 3.68. The maximum absolute atomic E-state index is 14.0. The molecule has 36 heavy (non-hydrogen) atoms. The van der Waals surface area contributed by atoms with E-state index in [0.29, 0.717) is 33.4 Å². The first-order valence-electron chi connectivity index (χ1n) is 11.0. The van der Waals surface area contributed by atoms with Crippen molar-refractivity contribution in [2.45, 2.75) is 26.4 Å². The van der Waals surface area contributed by atoms with Gasteiger partial charge in [0.25, 0.3) is 5.91 Å². The summed E-state index contributed by atoms with van der Waals surface area (Å²) in [6, 6.07) is 12.5. The molecule has 1 N–H and O–H groups in total. The van der Waals surface area contributed by atoms with Crippen LogP contribution in [0.1, 0.15) is 36.3 Å². The maximum Gasteiger partial charge on any atom is 0.434 e. The standard InChI is InChI=1S/C25H20Cl3F3N4O/c1-13(2)9-10-32-24(36)18-12-17-21(14-3-5-15(26)6-4-14)35(20-8-7-16(27)11-19(20)28)34-23(17)33-22(18)25(29,30)31/h3-8,11-13H,9-10H2,1-2H3,(H,32,36). The number of benzene rings is 2. The number of halogens is 6. The zero-order chi connectivity index (χ0) is 26.2. The Labute approximate surface area is 220 Å². The van der Waals surface area contributed by atoms with E-state index in [-0.39, 0.29) is 28.5 Å². The molecule has 2 aromatic heterocycles. The fraction of sp³-hybridized carbons (Fsp3) is 0.240. The van der Waals surface area contributed by atoms with Crippen molar-refractivity contribution in [2.24, 2.45) is 5.92 Å². The summed E-state index contributed by atoms with van der Waals surface area (Å²) in [6.07, 6.45) is -4.26. The number of alkyl halides is 3. The average molecular weight is 556 g/mol. The van der Waals surface area contributed by atoms with E-state index >= 15 is 0 Å². The molecule has 0 aliphatic carbocycles. The Bertz CT molecular complexity index is 1430. The van der Waals surface area contributed by atoms with Crippen molar-refractivity contribution in [2.75, 3.05) is 6.54 Å². The zero-order valence-electron chi connectivity index (χ0n) is 19.1. The molecule has 0 atom stereocenters. The summed E-state index contributed by atoms with van der Waals surface area (Å²) in [7, 11) is 0. The molecule has 2 heterocycles. The lowest BCUT2D eigenvalue weighted by atomic mass is 10.0. The molecule has 0 fully saturated rings. The first-order chi connectivity index (χ1) is 17.0. The van der Waals surface area contributed by atoms with E-state index in [2.05, 4.69) is 15.4 Å². The van der Waals surface area contributed by atoms with Crippen LogP contribution in [0.15, 0.2) is 48.5 Å². The number of rotatable bonds is 6. The van der Waals surface area contributed by atoms with Crippen molar-refractivity contribution < 1.29 is 18.0 Å². The minimum Gasteiger partial charge on any atom is -0.352 e. The van der Waals surface area contributed by atoms with E-state index < -0.39 is 23.3 Å². The molecule has 0 spiro atoms. The summed E-state index contributed by atoms with van der Waals surface area (Å²) >= 11 is 18.5. The highest BCUT2D eigenvalue weighted by Crippen LogP contribution is 2.38. The average Bonchev–Trinajstić information content (AvgIpc) is 3.16. The number of aromatic nitrogens is 3. The smallest absolute Gasteiger partial charge is 0.352 e. The lowest BCUT2D eigenvalue weighted by Gasteiger charge is -2.13. The van der Waals surface area contributed by atoms with Crippen molar-refractivity contribution in [3.63, 3.8) is 0 Å². The predicted octanol–water partition coefficient (Wildman–Crippen LogP) is 7.84. The number of nitrogens with one attached hydrogen (secondary N) is 1. The van der Waals surface area contributed by atoms with Gasteiger partial charge in [0.1, 0.15) is 0 Å². The number of carbonyl (C=O) groups excluding carboxylic acids is 1. The molecule has 4 rings (SSSR count). The molecule has 0 aliphatic rings. The van der Waals surface area contributed by atoms with E-state index in [1.807, 2.05) is 13.8 Å². The van der Waals surface area contributed by atoms with Crippen LogP contribution in [0.3, 0.4) is 0 Å². The van der Waals surface area contributed by atoms with Crippen molar-refractivity contribution in [3.05, 3.63) is 74.9 Å². The molecule has 0 bridgehead atoms. The molecule has 2 aromatic carbocycles. The van der Waals surface area contributed by atoms with Crippen molar-refractivity contribution in [3.8, 4) is 16.9 Å². The summed E-state index contributed by atoms with van der Waals surface area (Å²) in [6.45, 7) is 4.14. The second-order valence-corrected chi connectivity index (χ2v) is 9.83. The van der Waals surface area contributed by atoms with Gasteiger partial charge in [-0.25, -0.2) is 9.67 Å². The van der Waals surface area contributed by atoms with Gasteiger partial charge in [0.05, 0.1) is 22.0 Å². The molecule has 0 radical (unpaired) electrons. The zero-order valence-corrected chi connectivity index (χ0v) is 21.4. The van der Waals surface area contributed by atoms with E-state index in [0.717, 1.165) is 0 Å². The number of nitrogens with zero attached hydrogens (tertiary/aromatic N) is 3. The van der Waals surface area contributed by atoms with Crippen LogP contribution in [0, 0.1) is 5.92 Å². The SMILES string of the molecule is CC(C)CCNC(=O)c1cc2c(-c3ccc(Cl)cc3)n(-c3ccc(Cl)cc3Cl)nc2nc1C(F)(F)F. The van der Waals surface area contributed by atoms with Gasteiger partial charge >= 0.3 is 6.18 Å². The highest BCUT2D eigenvalue weighted by molar-refractivity contribution is 6.35. The lowest BCUT2D eigenvalue weighted by Crippen LogP contribution is -2.28. The van der Waals surface area contributed by atoms with Crippen LogP contribution in [0.25, 0.3) is 28.0 Å². The molecule has 188 valence electrons. The Balaban J connectivity index is 1.99. The Morgan fingerprint density at radius 1 is 1.03 bits per heavy atom. The molecule has 1 amide bonds. The van der Waals surface area contributed by atoms with Crippen LogP contribution in [0.4, 0.5) is 13.2 Å². The third kappa shape index (κ3) is 5.45. The summed E-state index contributed by atoms with van der Waals surface area (Å²) < 4.78 is 43.3. The number of pyridine rings is 1. The normalized spacial score (nSPS) is 11.9. The van der Waals surface area contributed by atoms with Gasteiger partial charge in [0.15, 0.2) is 11.3 Å². The molecular formula is C25H20Cl3F3N4O. The minimum atomic E-state index is -4.87. The number of carbonyl (C=O) groups is 1. The highest BCUT2D eigenvalue weighted by Gasteiger charge is 2.38. The number of fused-ring (bicyclic) bond motifs is 1. The van der Waals surface area contributed by atoms with Crippen molar-refractivity contribution in [1.82, 2.24) is 20.1 Å². The van der Waals surface area contributed by atoms with Crippen molar-refractivity contribution >= 4 is 51.7 Å². The summed E-state index contributed by atoms with van der Waals surface area (Å²) in [4.78, 5) is 16.7. The van der Waals surface area contributed by atoms with E-state index in [4.69, 9.17) is 34.8 Å². The third-order valence-electron chi connectivity index (χ3n) is 5.44. The quantitative estimate of drug-likeness (QED) is 0.264. The summed E-state index contributed by atoms with van der Waals surface area (Å²) in [5.41, 5.74) is -0.746. The molecule has 0 aliphatic heterocycles. The summed E-state index contributed by atoms with van der Waals surface area (Å²) in [5.74, 6) is -0.594. The van der Waals surface area contributed by atoms with E-state index in [1.165, 1.54) is 16.8 Å².